The summed E-state index contributed by atoms with van der Waals surface area (Å²) in [5.74, 6) is -0.518. The van der Waals surface area contributed by atoms with Gasteiger partial charge in [-0.2, -0.15) is 0 Å². The lowest BCUT2D eigenvalue weighted by molar-refractivity contribution is -0.128. The summed E-state index contributed by atoms with van der Waals surface area (Å²) in [6, 6.07) is 14.5. The minimum absolute atomic E-state index is 0.283. The molecule has 132 valence electrons. The van der Waals surface area contributed by atoms with Crippen LogP contribution in [0.4, 0.5) is 0 Å². The molecule has 0 radical (unpaired) electrons. The number of carbonyl (C=O) groups excluding carboxylic acids is 2. The van der Waals surface area contributed by atoms with Crippen LogP contribution in [0, 0.1) is 0 Å². The summed E-state index contributed by atoms with van der Waals surface area (Å²) >= 11 is 3.46. The van der Waals surface area contributed by atoms with Crippen molar-refractivity contribution in [2.75, 3.05) is 6.54 Å². The molecule has 0 unspecified atom stereocenters. The Bertz CT molecular complexity index is 748. The fraction of sp³-hybridized carbons (Fsp3) is 0.263. The largest absolute Gasteiger partial charge is 0.488 e. The number of benzene rings is 2. The SMILES string of the molecule is CCNC(=O)[C@@H](C)OC(=O)c1ccccc1OCc1ccccc1Br. The molecule has 0 bridgehead atoms. The molecule has 0 aromatic heterocycles. The molecule has 0 fully saturated rings. The zero-order chi connectivity index (χ0) is 18.2. The summed E-state index contributed by atoms with van der Waals surface area (Å²) in [6.07, 6.45) is -0.872. The molecule has 25 heavy (non-hydrogen) atoms. The summed E-state index contributed by atoms with van der Waals surface area (Å²) in [4.78, 5) is 24.1. The summed E-state index contributed by atoms with van der Waals surface area (Å²) in [5.41, 5.74) is 1.24. The number of para-hydroxylation sites is 1. The number of amides is 1. The van der Waals surface area contributed by atoms with E-state index in [9.17, 15) is 9.59 Å². The minimum atomic E-state index is -0.872. The average molecular weight is 406 g/mol. The van der Waals surface area contributed by atoms with Gasteiger partial charge in [-0.1, -0.05) is 46.3 Å². The van der Waals surface area contributed by atoms with Gasteiger partial charge in [0.2, 0.25) is 0 Å². The molecule has 5 nitrogen and oxygen atoms in total. The van der Waals surface area contributed by atoms with E-state index in [1.165, 1.54) is 6.92 Å². The first kappa shape index (κ1) is 19.0. The molecule has 0 saturated heterocycles. The van der Waals surface area contributed by atoms with E-state index in [4.69, 9.17) is 9.47 Å². The lowest BCUT2D eigenvalue weighted by Gasteiger charge is -2.15. The van der Waals surface area contributed by atoms with Crippen LogP contribution >= 0.6 is 15.9 Å². The Hall–Kier alpha value is -2.34. The molecule has 0 saturated carbocycles. The first-order valence-corrected chi connectivity index (χ1v) is 8.76. The third kappa shape index (κ3) is 5.32. The number of rotatable bonds is 7. The van der Waals surface area contributed by atoms with Crippen LogP contribution in [0.2, 0.25) is 0 Å². The zero-order valence-electron chi connectivity index (χ0n) is 14.1. The van der Waals surface area contributed by atoms with E-state index in [0.29, 0.717) is 18.9 Å². The van der Waals surface area contributed by atoms with Crippen molar-refractivity contribution in [1.29, 1.82) is 0 Å². The standard InChI is InChI=1S/C19H20BrNO4/c1-3-21-18(22)13(2)25-19(23)15-9-5-7-11-17(15)24-12-14-8-4-6-10-16(14)20/h4-11,13H,3,12H2,1-2H3,(H,21,22)/t13-/m1/s1. The van der Waals surface area contributed by atoms with Crippen molar-refractivity contribution >= 4 is 27.8 Å². The molecule has 2 aromatic carbocycles. The van der Waals surface area contributed by atoms with Gasteiger partial charge in [0.05, 0.1) is 0 Å². The highest BCUT2D eigenvalue weighted by Crippen LogP contribution is 2.23. The van der Waals surface area contributed by atoms with Gasteiger partial charge in [-0.05, 0) is 32.0 Å². The Balaban J connectivity index is 2.08. The molecule has 0 spiro atoms. The number of hydrogen-bond acceptors (Lipinski definition) is 4. The number of carbonyl (C=O) groups is 2. The topological polar surface area (TPSA) is 64.6 Å². The third-order valence-electron chi connectivity index (χ3n) is 3.45. The molecule has 2 aromatic rings. The van der Waals surface area contributed by atoms with Crippen LogP contribution in [0.3, 0.4) is 0 Å². The molecule has 0 aliphatic carbocycles. The van der Waals surface area contributed by atoms with Gasteiger partial charge in [0.1, 0.15) is 17.9 Å². The first-order chi connectivity index (χ1) is 12.0. The maximum atomic E-state index is 12.4. The molecule has 2 rings (SSSR count). The molecule has 0 aliphatic rings. The van der Waals surface area contributed by atoms with Gasteiger partial charge in [0.25, 0.3) is 5.91 Å². The minimum Gasteiger partial charge on any atom is -0.488 e. The van der Waals surface area contributed by atoms with E-state index >= 15 is 0 Å². The van der Waals surface area contributed by atoms with Crippen molar-refractivity contribution in [3.8, 4) is 5.75 Å². The Morgan fingerprint density at radius 3 is 2.52 bits per heavy atom. The van der Waals surface area contributed by atoms with Gasteiger partial charge in [0, 0.05) is 16.6 Å². The van der Waals surface area contributed by atoms with E-state index in [1.807, 2.05) is 24.3 Å². The Labute approximate surface area is 155 Å². The molecule has 0 heterocycles. The van der Waals surface area contributed by atoms with Crippen LogP contribution < -0.4 is 10.1 Å². The number of esters is 1. The van der Waals surface area contributed by atoms with Crippen molar-refractivity contribution in [1.82, 2.24) is 5.32 Å². The van der Waals surface area contributed by atoms with Gasteiger partial charge in [-0.25, -0.2) is 4.79 Å². The van der Waals surface area contributed by atoms with Crippen molar-refractivity contribution in [2.45, 2.75) is 26.6 Å². The second kappa shape index (κ2) is 9.22. The van der Waals surface area contributed by atoms with Crippen molar-refractivity contribution in [3.63, 3.8) is 0 Å². The monoisotopic (exact) mass is 405 g/mol. The summed E-state index contributed by atoms with van der Waals surface area (Å²) in [7, 11) is 0. The maximum Gasteiger partial charge on any atom is 0.342 e. The molecule has 0 aliphatic heterocycles. The Morgan fingerprint density at radius 1 is 1.12 bits per heavy atom. The Morgan fingerprint density at radius 2 is 1.80 bits per heavy atom. The first-order valence-electron chi connectivity index (χ1n) is 7.96. The number of likely N-dealkylation sites (N-methyl/N-ethyl adjacent to an activating group) is 1. The van der Waals surface area contributed by atoms with Gasteiger partial charge in [-0.3, -0.25) is 4.79 Å². The number of ether oxygens (including phenoxy) is 2. The van der Waals surface area contributed by atoms with E-state index in [1.54, 1.807) is 31.2 Å². The number of nitrogens with one attached hydrogen (secondary N) is 1. The predicted octanol–water partition coefficient (Wildman–Crippen LogP) is 3.71. The molecule has 6 heteroatoms. The lowest BCUT2D eigenvalue weighted by atomic mass is 10.2. The van der Waals surface area contributed by atoms with Crippen LogP contribution in [-0.4, -0.2) is 24.5 Å². The summed E-state index contributed by atoms with van der Waals surface area (Å²) in [6.45, 7) is 4.12. The van der Waals surface area contributed by atoms with Crippen LogP contribution in [0.5, 0.6) is 5.75 Å². The number of halogens is 1. The smallest absolute Gasteiger partial charge is 0.342 e. The van der Waals surface area contributed by atoms with E-state index in [-0.39, 0.29) is 11.5 Å². The van der Waals surface area contributed by atoms with Crippen LogP contribution in [-0.2, 0) is 16.1 Å². The van der Waals surface area contributed by atoms with Gasteiger partial charge < -0.3 is 14.8 Å². The molecule has 1 N–H and O–H groups in total. The highest BCUT2D eigenvalue weighted by atomic mass is 79.9. The molecular weight excluding hydrogens is 386 g/mol. The van der Waals surface area contributed by atoms with E-state index in [2.05, 4.69) is 21.2 Å². The quantitative estimate of drug-likeness (QED) is 0.713. The molecule has 1 amide bonds. The second-order valence-electron chi connectivity index (χ2n) is 5.32. The molecule has 1 atom stereocenters. The van der Waals surface area contributed by atoms with Gasteiger partial charge in [0.15, 0.2) is 6.10 Å². The third-order valence-corrected chi connectivity index (χ3v) is 4.23. The average Bonchev–Trinajstić information content (AvgIpc) is 2.61. The maximum absolute atomic E-state index is 12.4. The van der Waals surface area contributed by atoms with Gasteiger partial charge in [-0.15, -0.1) is 0 Å². The molecular formula is C19H20BrNO4. The summed E-state index contributed by atoms with van der Waals surface area (Å²) in [5, 5.41) is 2.62. The summed E-state index contributed by atoms with van der Waals surface area (Å²) < 4.78 is 11.9. The normalized spacial score (nSPS) is 11.5. The van der Waals surface area contributed by atoms with Crippen molar-refractivity contribution in [3.05, 3.63) is 64.1 Å². The Kier molecular flexibility index (Phi) is 7.01. The van der Waals surface area contributed by atoms with E-state index in [0.717, 1.165) is 10.0 Å². The van der Waals surface area contributed by atoms with Crippen LogP contribution in [0.15, 0.2) is 53.0 Å². The highest BCUT2D eigenvalue weighted by molar-refractivity contribution is 9.10. The van der Waals surface area contributed by atoms with Gasteiger partial charge >= 0.3 is 5.97 Å². The zero-order valence-corrected chi connectivity index (χ0v) is 15.7. The predicted molar refractivity (Wildman–Crippen MR) is 98.5 cm³/mol. The van der Waals surface area contributed by atoms with Crippen molar-refractivity contribution in [2.24, 2.45) is 0 Å². The second-order valence-corrected chi connectivity index (χ2v) is 6.17. The highest BCUT2D eigenvalue weighted by Gasteiger charge is 2.20. The lowest BCUT2D eigenvalue weighted by Crippen LogP contribution is -2.35. The van der Waals surface area contributed by atoms with Crippen LogP contribution in [0.25, 0.3) is 0 Å². The van der Waals surface area contributed by atoms with Crippen LogP contribution in [0.1, 0.15) is 29.8 Å². The number of hydrogen-bond donors (Lipinski definition) is 1. The van der Waals surface area contributed by atoms with E-state index < -0.39 is 12.1 Å². The fourth-order valence-electron chi connectivity index (χ4n) is 2.13. The fourth-order valence-corrected chi connectivity index (χ4v) is 2.53. The van der Waals surface area contributed by atoms with Crippen molar-refractivity contribution < 1.29 is 19.1 Å².